The van der Waals surface area contributed by atoms with Gasteiger partial charge in [-0.2, -0.15) is 8.42 Å². The number of aryl methyl sites for hydroxylation is 1. The second kappa shape index (κ2) is 10.3. The van der Waals surface area contributed by atoms with Gasteiger partial charge in [-0.15, -0.1) is 0 Å². The Kier molecular flexibility index (Phi) is 7.61. The lowest BCUT2D eigenvalue weighted by Crippen LogP contribution is -2.37. The van der Waals surface area contributed by atoms with E-state index in [1.165, 1.54) is 31.5 Å². The van der Waals surface area contributed by atoms with Crippen LogP contribution in [-0.4, -0.2) is 30.7 Å². The molecular weight excluding hydrogens is 499 g/mol. The number of allylic oxidation sites excluding steroid dienone is 1. The lowest BCUT2D eigenvalue weighted by molar-refractivity contribution is 0.264. The topological polar surface area (TPSA) is 101 Å². The molecule has 1 amide bonds. The van der Waals surface area contributed by atoms with E-state index in [0.29, 0.717) is 10.6 Å². The van der Waals surface area contributed by atoms with Crippen molar-refractivity contribution in [2.24, 2.45) is 0 Å². The van der Waals surface area contributed by atoms with Crippen molar-refractivity contribution in [3.05, 3.63) is 89.5 Å². The summed E-state index contributed by atoms with van der Waals surface area (Å²) >= 11 is 12.7. The third-order valence-corrected chi connectivity index (χ3v) is 6.59. The first-order valence-electron chi connectivity index (χ1n) is 9.67. The predicted molar refractivity (Wildman–Crippen MR) is 135 cm³/mol. The number of aromatic nitrogens is 2. The van der Waals surface area contributed by atoms with Crippen LogP contribution in [0.1, 0.15) is 5.56 Å². The molecule has 1 heterocycles. The van der Waals surface area contributed by atoms with Crippen LogP contribution in [0, 0.1) is 6.92 Å². The van der Waals surface area contributed by atoms with E-state index in [4.69, 9.17) is 27.9 Å². The summed E-state index contributed by atoms with van der Waals surface area (Å²) in [5.74, 6) is 0.103. The molecule has 3 aromatic rings. The van der Waals surface area contributed by atoms with E-state index in [-0.39, 0.29) is 28.0 Å². The van der Waals surface area contributed by atoms with Gasteiger partial charge in [0.1, 0.15) is 17.9 Å². The molecule has 2 aromatic carbocycles. The van der Waals surface area contributed by atoms with E-state index in [2.05, 4.69) is 27.8 Å². The highest BCUT2D eigenvalue weighted by Crippen LogP contribution is 2.41. The first-order valence-corrected chi connectivity index (χ1v) is 11.9. The number of benzene rings is 2. The van der Waals surface area contributed by atoms with Gasteiger partial charge in [0.15, 0.2) is 0 Å². The minimum Gasteiger partial charge on any atom is -0.495 e. The minimum atomic E-state index is -4.60. The fourth-order valence-corrected chi connectivity index (χ4v) is 4.35. The Morgan fingerprint density at radius 2 is 1.91 bits per heavy atom. The Morgan fingerprint density at radius 1 is 1.18 bits per heavy atom. The predicted octanol–water partition coefficient (Wildman–Crippen LogP) is 5.84. The number of anilines is 2. The molecule has 0 atom stereocenters. The fourth-order valence-electron chi connectivity index (χ4n) is 3.03. The number of hydrogen-bond donors (Lipinski definition) is 1. The van der Waals surface area contributed by atoms with E-state index in [9.17, 15) is 13.2 Å². The normalized spacial score (nSPS) is 10.9. The molecule has 8 nitrogen and oxygen atoms in total. The molecule has 1 aromatic heterocycles. The van der Waals surface area contributed by atoms with Crippen molar-refractivity contribution < 1.29 is 17.9 Å². The summed E-state index contributed by atoms with van der Waals surface area (Å²) in [7, 11) is -3.22. The van der Waals surface area contributed by atoms with Gasteiger partial charge in [0, 0.05) is 22.5 Å². The molecule has 34 heavy (non-hydrogen) atoms. The summed E-state index contributed by atoms with van der Waals surface area (Å²) in [6.07, 6.45) is 3.71. The van der Waals surface area contributed by atoms with E-state index < -0.39 is 15.3 Å². The molecule has 0 unspecified atom stereocenters. The second-order valence-corrected chi connectivity index (χ2v) is 9.34. The van der Waals surface area contributed by atoms with Gasteiger partial charge in [-0.05, 0) is 54.5 Å². The molecule has 0 bridgehead atoms. The molecule has 0 fully saturated rings. The molecule has 0 aliphatic rings. The van der Waals surface area contributed by atoms with Gasteiger partial charge in [0.2, 0.25) is 0 Å². The summed E-state index contributed by atoms with van der Waals surface area (Å²) in [6, 6.07) is 9.71. The molecule has 0 aliphatic heterocycles. The molecular formula is C23H20Cl2N4O4S. The number of nitrogens with zero attached hydrogens (tertiary/aromatic N) is 3. The molecule has 0 aliphatic carbocycles. The smallest absolute Gasteiger partial charge is 0.368 e. The van der Waals surface area contributed by atoms with Gasteiger partial charge in [-0.25, -0.2) is 9.97 Å². The number of methoxy groups -OCH3 is 1. The number of halogens is 2. The van der Waals surface area contributed by atoms with Crippen molar-refractivity contribution in [1.82, 2.24) is 9.97 Å². The van der Waals surface area contributed by atoms with Crippen molar-refractivity contribution in [1.29, 1.82) is 0 Å². The maximum atomic E-state index is 13.2. The maximum absolute atomic E-state index is 13.2. The van der Waals surface area contributed by atoms with Crippen molar-refractivity contribution in [2.75, 3.05) is 16.7 Å². The van der Waals surface area contributed by atoms with Crippen molar-refractivity contribution in [3.8, 4) is 16.9 Å². The maximum Gasteiger partial charge on any atom is 0.368 e. The lowest BCUT2D eigenvalue weighted by Gasteiger charge is -2.25. The van der Waals surface area contributed by atoms with E-state index in [1.807, 2.05) is 13.0 Å². The van der Waals surface area contributed by atoms with Crippen LogP contribution in [-0.2, 0) is 10.0 Å². The molecule has 0 saturated heterocycles. The van der Waals surface area contributed by atoms with E-state index in [1.54, 1.807) is 18.2 Å². The number of carbonyl (C=O) groups excluding carboxylic acids is 1. The second-order valence-electron chi connectivity index (χ2n) is 6.96. The highest BCUT2D eigenvalue weighted by Gasteiger charge is 2.33. The standard InChI is InChI=1S/C23H20Cl2N4O4S/c1-5-15(3)29(23(30)34(31,32)28-22-8-9-26-13-27-22)20-12-19(25)17(11-21(20)33-4)16-6-7-18(24)14(2)10-16/h5-13H,1,3H2,2,4H3,(H,26,27,28). The Balaban J connectivity index is 2.11. The number of sulfonamides is 1. The minimum absolute atomic E-state index is 0.0116. The molecule has 0 spiro atoms. The number of carbonyl (C=O) groups is 1. The number of hydrogen-bond acceptors (Lipinski definition) is 6. The third-order valence-electron chi connectivity index (χ3n) is 4.73. The zero-order valence-corrected chi connectivity index (χ0v) is 20.6. The summed E-state index contributed by atoms with van der Waals surface area (Å²) < 4.78 is 33.3. The summed E-state index contributed by atoms with van der Waals surface area (Å²) in [6.45, 7) is 9.21. The van der Waals surface area contributed by atoms with Crippen LogP contribution in [0.15, 0.2) is 73.9 Å². The van der Waals surface area contributed by atoms with Gasteiger partial charge in [-0.1, -0.05) is 42.4 Å². The number of rotatable bonds is 7. The van der Waals surface area contributed by atoms with Crippen LogP contribution in [0.2, 0.25) is 10.0 Å². The average molecular weight is 519 g/mol. The Morgan fingerprint density at radius 3 is 2.50 bits per heavy atom. The molecule has 11 heteroatoms. The van der Waals surface area contributed by atoms with Crippen LogP contribution in [0.5, 0.6) is 5.75 Å². The highest BCUT2D eigenvalue weighted by molar-refractivity contribution is 8.07. The van der Waals surface area contributed by atoms with Crippen LogP contribution >= 0.6 is 23.2 Å². The Labute approximate surface area is 207 Å². The number of amides is 1. The average Bonchev–Trinajstić information content (AvgIpc) is 2.81. The zero-order valence-electron chi connectivity index (χ0n) is 18.2. The number of nitrogens with one attached hydrogen (secondary N) is 1. The Hall–Kier alpha value is -3.40. The van der Waals surface area contributed by atoms with Crippen LogP contribution < -0.4 is 14.4 Å². The third kappa shape index (κ3) is 5.22. The Bertz CT molecular complexity index is 1380. The van der Waals surface area contributed by atoms with Gasteiger partial charge >= 0.3 is 15.3 Å². The van der Waals surface area contributed by atoms with Crippen LogP contribution in [0.25, 0.3) is 11.1 Å². The molecule has 0 radical (unpaired) electrons. The van der Waals surface area contributed by atoms with Gasteiger partial charge in [-0.3, -0.25) is 14.4 Å². The monoisotopic (exact) mass is 518 g/mol. The van der Waals surface area contributed by atoms with Crippen molar-refractivity contribution in [3.63, 3.8) is 0 Å². The van der Waals surface area contributed by atoms with Gasteiger partial charge < -0.3 is 4.74 Å². The van der Waals surface area contributed by atoms with E-state index in [0.717, 1.165) is 22.4 Å². The number of ether oxygens (including phenoxy) is 1. The molecule has 0 saturated carbocycles. The first-order chi connectivity index (χ1) is 16.1. The molecule has 3 rings (SSSR count). The zero-order chi connectivity index (χ0) is 25.0. The first kappa shape index (κ1) is 25.2. The van der Waals surface area contributed by atoms with Crippen molar-refractivity contribution >= 4 is 50.0 Å². The van der Waals surface area contributed by atoms with E-state index >= 15 is 0 Å². The SMILES string of the molecule is C=CC(=C)N(C(=O)S(=O)(=O)Nc1ccncn1)c1cc(Cl)c(-c2ccc(Cl)c(C)c2)cc1OC. The van der Waals surface area contributed by atoms with Crippen LogP contribution in [0.3, 0.4) is 0 Å². The van der Waals surface area contributed by atoms with Gasteiger partial charge in [0.05, 0.1) is 17.8 Å². The van der Waals surface area contributed by atoms with Crippen molar-refractivity contribution in [2.45, 2.75) is 6.92 Å². The fraction of sp³-hybridized carbons (Fsp3) is 0.0870. The summed E-state index contributed by atoms with van der Waals surface area (Å²) in [5.41, 5.74) is 2.25. The summed E-state index contributed by atoms with van der Waals surface area (Å²) in [4.78, 5) is 21.5. The van der Waals surface area contributed by atoms with Gasteiger partial charge in [0.25, 0.3) is 0 Å². The highest BCUT2D eigenvalue weighted by atomic mass is 35.5. The quantitative estimate of drug-likeness (QED) is 0.394. The van der Waals surface area contributed by atoms with Crippen LogP contribution in [0.4, 0.5) is 16.3 Å². The largest absolute Gasteiger partial charge is 0.495 e. The molecule has 1 N–H and O–H groups in total. The molecule has 176 valence electrons. The summed E-state index contributed by atoms with van der Waals surface area (Å²) in [5, 5.41) is -0.488. The lowest BCUT2D eigenvalue weighted by atomic mass is 10.0.